The smallest absolute Gasteiger partial charge is 0.243 e. The summed E-state index contributed by atoms with van der Waals surface area (Å²) in [6, 6.07) is 10.9. The molecule has 0 spiro atoms. The molecule has 1 aliphatic heterocycles. The zero-order valence-electron chi connectivity index (χ0n) is 17.9. The van der Waals surface area contributed by atoms with Crippen molar-refractivity contribution < 1.29 is 23.8 Å². The number of benzene rings is 2. The second kappa shape index (κ2) is 9.52. The van der Waals surface area contributed by atoms with E-state index in [4.69, 9.17) is 14.2 Å². The van der Waals surface area contributed by atoms with Gasteiger partial charge in [-0.3, -0.25) is 14.5 Å². The number of nitrogens with one attached hydrogen (secondary N) is 1. The highest BCUT2D eigenvalue weighted by Gasteiger charge is 2.37. The van der Waals surface area contributed by atoms with Crippen molar-refractivity contribution in [2.75, 3.05) is 32.8 Å². The molecular weight excluding hydrogens is 384 g/mol. The first-order valence-corrected chi connectivity index (χ1v) is 10.0. The standard InChI is InChI=1S/C23H28N2O5/c1-5-21(26)25-17-9-7-6-8-16(17)14-18(25)23(27)24-11-10-15-12-19(28-2)22(30-4)20(13-15)29-3/h6-9,12-13,18H,5,10-11,14H2,1-4H3,(H,24,27)/t18-/m0/s1. The largest absolute Gasteiger partial charge is 0.493 e. The summed E-state index contributed by atoms with van der Waals surface area (Å²) in [4.78, 5) is 27.0. The van der Waals surface area contributed by atoms with Gasteiger partial charge in [0.2, 0.25) is 17.6 Å². The Bertz CT molecular complexity index is 903. The zero-order chi connectivity index (χ0) is 21.7. The van der Waals surface area contributed by atoms with Crippen LogP contribution >= 0.6 is 0 Å². The Hall–Kier alpha value is -3.22. The number of nitrogens with zero attached hydrogens (tertiary/aromatic N) is 1. The van der Waals surface area contributed by atoms with Crippen LogP contribution in [0.1, 0.15) is 24.5 Å². The van der Waals surface area contributed by atoms with Crippen molar-refractivity contribution in [1.29, 1.82) is 0 Å². The average molecular weight is 412 g/mol. The van der Waals surface area contributed by atoms with Crippen molar-refractivity contribution in [1.82, 2.24) is 5.32 Å². The van der Waals surface area contributed by atoms with Crippen molar-refractivity contribution in [3.8, 4) is 17.2 Å². The SMILES string of the molecule is CCC(=O)N1c2ccccc2C[C@H]1C(=O)NCCc1cc(OC)c(OC)c(OC)c1. The molecule has 0 fully saturated rings. The van der Waals surface area contributed by atoms with E-state index in [2.05, 4.69) is 5.32 Å². The van der Waals surface area contributed by atoms with Crippen LogP contribution < -0.4 is 24.4 Å². The van der Waals surface area contributed by atoms with Crippen LogP contribution in [0.3, 0.4) is 0 Å². The monoisotopic (exact) mass is 412 g/mol. The van der Waals surface area contributed by atoms with Crippen LogP contribution in [0, 0.1) is 0 Å². The number of para-hydroxylation sites is 1. The Kier molecular flexibility index (Phi) is 6.82. The van der Waals surface area contributed by atoms with Gasteiger partial charge in [-0.1, -0.05) is 25.1 Å². The molecule has 0 aliphatic carbocycles. The molecule has 2 amide bonds. The lowest BCUT2D eigenvalue weighted by molar-refractivity contribution is -0.126. The Balaban J connectivity index is 1.68. The first kappa shape index (κ1) is 21.5. The number of carbonyl (C=O) groups excluding carboxylic acids is 2. The van der Waals surface area contributed by atoms with E-state index in [0.29, 0.717) is 43.1 Å². The van der Waals surface area contributed by atoms with E-state index in [1.54, 1.807) is 26.2 Å². The minimum Gasteiger partial charge on any atom is -0.493 e. The van der Waals surface area contributed by atoms with Crippen LogP contribution in [-0.2, 0) is 22.4 Å². The van der Waals surface area contributed by atoms with Gasteiger partial charge in [0.1, 0.15) is 6.04 Å². The third-order valence-corrected chi connectivity index (χ3v) is 5.29. The van der Waals surface area contributed by atoms with E-state index in [-0.39, 0.29) is 11.8 Å². The minimum absolute atomic E-state index is 0.0512. The normalized spacial score (nSPS) is 14.8. The summed E-state index contributed by atoms with van der Waals surface area (Å²) in [6.45, 7) is 2.24. The lowest BCUT2D eigenvalue weighted by Crippen LogP contribution is -2.48. The van der Waals surface area contributed by atoms with Crippen LogP contribution in [0.2, 0.25) is 0 Å². The van der Waals surface area contributed by atoms with Crippen LogP contribution in [0.25, 0.3) is 0 Å². The Morgan fingerprint density at radius 1 is 1.07 bits per heavy atom. The maximum absolute atomic E-state index is 12.9. The van der Waals surface area contributed by atoms with Crippen LogP contribution in [0.4, 0.5) is 5.69 Å². The fourth-order valence-electron chi connectivity index (χ4n) is 3.80. The maximum Gasteiger partial charge on any atom is 0.243 e. The van der Waals surface area contributed by atoms with Crippen molar-refractivity contribution in [3.63, 3.8) is 0 Å². The highest BCUT2D eigenvalue weighted by Crippen LogP contribution is 2.38. The van der Waals surface area contributed by atoms with Gasteiger partial charge in [-0.15, -0.1) is 0 Å². The van der Waals surface area contributed by atoms with Gasteiger partial charge in [-0.25, -0.2) is 0 Å². The fourth-order valence-corrected chi connectivity index (χ4v) is 3.80. The highest BCUT2D eigenvalue weighted by atomic mass is 16.5. The lowest BCUT2D eigenvalue weighted by atomic mass is 10.1. The lowest BCUT2D eigenvalue weighted by Gasteiger charge is -2.24. The van der Waals surface area contributed by atoms with Crippen molar-refractivity contribution >= 4 is 17.5 Å². The zero-order valence-corrected chi connectivity index (χ0v) is 17.9. The number of rotatable bonds is 8. The summed E-state index contributed by atoms with van der Waals surface area (Å²) in [6.07, 6.45) is 1.46. The number of fused-ring (bicyclic) bond motifs is 1. The molecule has 1 heterocycles. The molecule has 1 atom stereocenters. The molecule has 160 valence electrons. The molecule has 0 aromatic heterocycles. The van der Waals surface area contributed by atoms with Crippen molar-refractivity contribution in [2.24, 2.45) is 0 Å². The highest BCUT2D eigenvalue weighted by molar-refractivity contribution is 6.03. The second-order valence-corrected chi connectivity index (χ2v) is 7.04. The van der Waals surface area contributed by atoms with Crippen LogP contribution in [0.15, 0.2) is 36.4 Å². The van der Waals surface area contributed by atoms with Crippen molar-refractivity contribution in [3.05, 3.63) is 47.5 Å². The van der Waals surface area contributed by atoms with Gasteiger partial charge in [-0.2, -0.15) is 0 Å². The van der Waals surface area contributed by atoms with Crippen LogP contribution in [0.5, 0.6) is 17.2 Å². The maximum atomic E-state index is 12.9. The molecular formula is C23H28N2O5. The molecule has 30 heavy (non-hydrogen) atoms. The van der Waals surface area contributed by atoms with Crippen molar-refractivity contribution in [2.45, 2.75) is 32.2 Å². The predicted molar refractivity (Wildman–Crippen MR) is 115 cm³/mol. The fraction of sp³-hybridized carbons (Fsp3) is 0.391. The number of amides is 2. The van der Waals surface area contributed by atoms with E-state index in [0.717, 1.165) is 16.8 Å². The van der Waals surface area contributed by atoms with Crippen LogP contribution in [-0.4, -0.2) is 45.7 Å². The van der Waals surface area contributed by atoms with Gasteiger partial charge >= 0.3 is 0 Å². The molecule has 2 aromatic carbocycles. The van der Waals surface area contributed by atoms with Gasteiger partial charge < -0.3 is 19.5 Å². The van der Waals surface area contributed by atoms with Gasteiger partial charge in [0, 0.05) is 25.1 Å². The van der Waals surface area contributed by atoms with E-state index in [1.807, 2.05) is 43.3 Å². The summed E-state index contributed by atoms with van der Waals surface area (Å²) in [7, 11) is 4.70. The van der Waals surface area contributed by atoms with E-state index in [9.17, 15) is 9.59 Å². The molecule has 0 unspecified atom stereocenters. The van der Waals surface area contributed by atoms with Gasteiger partial charge in [0.25, 0.3) is 0 Å². The summed E-state index contributed by atoms with van der Waals surface area (Å²) in [5, 5.41) is 2.97. The van der Waals surface area contributed by atoms with E-state index < -0.39 is 6.04 Å². The number of hydrogen-bond donors (Lipinski definition) is 1. The van der Waals surface area contributed by atoms with Gasteiger partial charge in [0.05, 0.1) is 21.3 Å². The number of carbonyl (C=O) groups is 2. The summed E-state index contributed by atoms with van der Waals surface area (Å²) < 4.78 is 16.1. The summed E-state index contributed by atoms with van der Waals surface area (Å²) >= 11 is 0. The molecule has 1 N–H and O–H groups in total. The Morgan fingerprint density at radius 3 is 2.33 bits per heavy atom. The molecule has 1 aliphatic rings. The number of ether oxygens (including phenoxy) is 3. The minimum atomic E-state index is -0.519. The third-order valence-electron chi connectivity index (χ3n) is 5.29. The van der Waals surface area contributed by atoms with E-state index >= 15 is 0 Å². The Labute approximate surface area is 176 Å². The molecule has 0 radical (unpaired) electrons. The van der Waals surface area contributed by atoms with Gasteiger partial charge in [0.15, 0.2) is 11.5 Å². The molecule has 3 rings (SSSR count). The van der Waals surface area contributed by atoms with E-state index in [1.165, 1.54) is 0 Å². The molecule has 7 heteroatoms. The topological polar surface area (TPSA) is 77.1 Å². The molecule has 0 bridgehead atoms. The number of methoxy groups -OCH3 is 3. The summed E-state index contributed by atoms with van der Waals surface area (Å²) in [5.41, 5.74) is 2.79. The molecule has 0 saturated heterocycles. The quantitative estimate of drug-likeness (QED) is 0.722. The predicted octanol–water partition coefficient (Wildman–Crippen LogP) is 2.74. The molecule has 7 nitrogen and oxygen atoms in total. The Morgan fingerprint density at radius 2 is 1.73 bits per heavy atom. The molecule has 0 saturated carbocycles. The molecule has 2 aromatic rings. The number of anilines is 1. The average Bonchev–Trinajstić information content (AvgIpc) is 3.17. The third kappa shape index (κ3) is 4.20. The summed E-state index contributed by atoms with van der Waals surface area (Å²) in [5.74, 6) is 1.48. The van der Waals surface area contributed by atoms with Gasteiger partial charge in [-0.05, 0) is 35.7 Å². The first-order chi connectivity index (χ1) is 14.5. The first-order valence-electron chi connectivity index (χ1n) is 10.0. The number of hydrogen-bond acceptors (Lipinski definition) is 5. The second-order valence-electron chi connectivity index (χ2n) is 7.04.